The van der Waals surface area contributed by atoms with Crippen LogP contribution >= 0.6 is 0 Å². The van der Waals surface area contributed by atoms with E-state index in [-0.39, 0.29) is 0 Å². The summed E-state index contributed by atoms with van der Waals surface area (Å²) in [6, 6.07) is 17.3. The summed E-state index contributed by atoms with van der Waals surface area (Å²) >= 11 is 0. The molecule has 0 aliphatic carbocycles. The molecule has 0 saturated carbocycles. The molecule has 1 amide bonds. The fraction of sp³-hybridized carbons (Fsp3) is 0.111. The molecule has 0 aliphatic heterocycles. The fourth-order valence-electron chi connectivity index (χ4n) is 2.73. The second kappa shape index (κ2) is 5.38. The minimum atomic E-state index is -0.452. The second-order valence-corrected chi connectivity index (χ2v) is 5.30. The van der Waals surface area contributed by atoms with Gasteiger partial charge in [0.25, 0.3) is 5.91 Å². The smallest absolute Gasteiger partial charge is 0.265 e. The zero-order valence-electron chi connectivity index (χ0n) is 12.2. The first-order valence-electron chi connectivity index (χ1n) is 6.98. The summed E-state index contributed by atoms with van der Waals surface area (Å²) < 4.78 is 1.90. The normalized spacial score (nSPS) is 10.5. The van der Waals surface area contributed by atoms with Gasteiger partial charge in [0.05, 0.1) is 11.6 Å². The lowest BCUT2D eigenvalue weighted by Gasteiger charge is -2.09. The molecule has 0 fully saturated rings. The lowest BCUT2D eigenvalue weighted by atomic mass is 10.1. The quantitative estimate of drug-likeness (QED) is 0.805. The molecule has 3 aromatic rings. The minimum Gasteiger partial charge on any atom is -0.364 e. The number of primary amides is 1. The number of aromatic nitrogens is 1. The van der Waals surface area contributed by atoms with Crippen molar-refractivity contribution in [1.29, 1.82) is 5.26 Å². The van der Waals surface area contributed by atoms with Crippen molar-refractivity contribution in [3.8, 4) is 6.07 Å². The summed E-state index contributed by atoms with van der Waals surface area (Å²) in [5.41, 5.74) is 9.64. The Morgan fingerprint density at radius 1 is 1.23 bits per heavy atom. The number of carbonyl (C=O) groups is 1. The van der Waals surface area contributed by atoms with Gasteiger partial charge in [-0.2, -0.15) is 5.26 Å². The van der Waals surface area contributed by atoms with Gasteiger partial charge >= 0.3 is 0 Å². The van der Waals surface area contributed by atoms with Gasteiger partial charge in [-0.05, 0) is 42.3 Å². The third-order valence-electron chi connectivity index (χ3n) is 3.81. The molecule has 1 heterocycles. The molecule has 2 aromatic carbocycles. The summed E-state index contributed by atoms with van der Waals surface area (Å²) in [6.07, 6.45) is 0. The Balaban J connectivity index is 2.16. The maximum absolute atomic E-state index is 11.8. The third-order valence-corrected chi connectivity index (χ3v) is 3.81. The third kappa shape index (κ3) is 2.33. The molecule has 0 spiro atoms. The topological polar surface area (TPSA) is 71.8 Å². The lowest BCUT2D eigenvalue weighted by molar-refractivity contribution is 0.0992. The van der Waals surface area contributed by atoms with Crippen molar-refractivity contribution < 1.29 is 4.79 Å². The number of amides is 1. The van der Waals surface area contributed by atoms with Crippen LogP contribution < -0.4 is 5.73 Å². The number of rotatable bonds is 3. The van der Waals surface area contributed by atoms with Crippen molar-refractivity contribution in [3.05, 3.63) is 70.9 Å². The highest BCUT2D eigenvalue weighted by atomic mass is 16.1. The van der Waals surface area contributed by atoms with Gasteiger partial charge in [0.15, 0.2) is 0 Å². The van der Waals surface area contributed by atoms with Gasteiger partial charge in [0.1, 0.15) is 5.69 Å². The molecule has 0 radical (unpaired) electrons. The first-order valence-corrected chi connectivity index (χ1v) is 6.98. The van der Waals surface area contributed by atoms with Crippen molar-refractivity contribution in [2.45, 2.75) is 13.5 Å². The fourth-order valence-corrected chi connectivity index (χ4v) is 2.73. The number of hydrogen-bond donors (Lipinski definition) is 1. The first-order chi connectivity index (χ1) is 10.6. The summed E-state index contributed by atoms with van der Waals surface area (Å²) in [5, 5.41) is 10.0. The maximum Gasteiger partial charge on any atom is 0.265 e. The maximum atomic E-state index is 11.8. The van der Waals surface area contributed by atoms with E-state index >= 15 is 0 Å². The van der Waals surface area contributed by atoms with Gasteiger partial charge in [0, 0.05) is 17.4 Å². The molecular formula is C18H15N3O. The SMILES string of the molecule is Cc1cccc2c1cc(C(N)=O)n2Cc1cccc(C#N)c1. The number of fused-ring (bicyclic) bond motifs is 1. The average molecular weight is 289 g/mol. The van der Waals surface area contributed by atoms with E-state index in [0.717, 1.165) is 22.0 Å². The van der Waals surface area contributed by atoms with E-state index in [1.165, 1.54) is 0 Å². The van der Waals surface area contributed by atoms with Crippen molar-refractivity contribution in [3.63, 3.8) is 0 Å². The van der Waals surface area contributed by atoms with Crippen molar-refractivity contribution in [2.24, 2.45) is 5.73 Å². The van der Waals surface area contributed by atoms with E-state index in [9.17, 15) is 4.79 Å². The highest BCUT2D eigenvalue weighted by Crippen LogP contribution is 2.24. The molecule has 4 heteroatoms. The van der Waals surface area contributed by atoms with Gasteiger partial charge in [-0.25, -0.2) is 0 Å². The van der Waals surface area contributed by atoms with Gasteiger partial charge < -0.3 is 10.3 Å². The zero-order chi connectivity index (χ0) is 15.7. The Kier molecular flexibility index (Phi) is 3.40. The predicted octanol–water partition coefficient (Wildman–Crippen LogP) is 2.97. The molecule has 3 rings (SSSR count). The number of aryl methyl sites for hydroxylation is 1. The number of nitriles is 1. The van der Waals surface area contributed by atoms with Gasteiger partial charge in [0.2, 0.25) is 0 Å². The van der Waals surface area contributed by atoms with Gasteiger partial charge in [-0.1, -0.05) is 24.3 Å². The van der Waals surface area contributed by atoms with Crippen LogP contribution in [0, 0.1) is 18.3 Å². The number of carbonyl (C=O) groups excluding carboxylic acids is 1. The van der Waals surface area contributed by atoms with E-state index in [1.54, 1.807) is 6.07 Å². The van der Waals surface area contributed by atoms with Gasteiger partial charge in [-0.3, -0.25) is 4.79 Å². The van der Waals surface area contributed by atoms with Crippen LogP contribution in [0.5, 0.6) is 0 Å². The van der Waals surface area contributed by atoms with Crippen molar-refractivity contribution >= 4 is 16.8 Å². The molecule has 0 unspecified atom stereocenters. The second-order valence-electron chi connectivity index (χ2n) is 5.30. The molecule has 0 aliphatic rings. The van der Waals surface area contributed by atoms with Crippen molar-refractivity contribution in [1.82, 2.24) is 4.57 Å². The van der Waals surface area contributed by atoms with Crippen molar-refractivity contribution in [2.75, 3.05) is 0 Å². The Hall–Kier alpha value is -3.06. The number of nitrogens with zero attached hydrogens (tertiary/aromatic N) is 2. The number of nitrogens with two attached hydrogens (primary N) is 1. The van der Waals surface area contributed by atoms with Gasteiger partial charge in [-0.15, -0.1) is 0 Å². The van der Waals surface area contributed by atoms with E-state index < -0.39 is 5.91 Å². The summed E-state index contributed by atoms with van der Waals surface area (Å²) in [6.45, 7) is 2.51. The lowest BCUT2D eigenvalue weighted by Crippen LogP contribution is -2.17. The monoisotopic (exact) mass is 289 g/mol. The molecule has 108 valence electrons. The van der Waals surface area contributed by atoms with Crippen LogP contribution in [-0.2, 0) is 6.54 Å². The molecule has 1 aromatic heterocycles. The Bertz CT molecular complexity index is 916. The molecule has 0 saturated heterocycles. The van der Waals surface area contributed by atoms with E-state index in [4.69, 9.17) is 11.0 Å². The molecular weight excluding hydrogens is 274 g/mol. The largest absolute Gasteiger partial charge is 0.364 e. The highest BCUT2D eigenvalue weighted by molar-refractivity contribution is 5.98. The molecule has 0 bridgehead atoms. The summed E-state index contributed by atoms with van der Waals surface area (Å²) in [5.74, 6) is -0.452. The summed E-state index contributed by atoms with van der Waals surface area (Å²) in [7, 11) is 0. The van der Waals surface area contributed by atoms with E-state index in [1.807, 2.05) is 54.0 Å². The molecule has 22 heavy (non-hydrogen) atoms. The average Bonchev–Trinajstić information content (AvgIpc) is 2.88. The highest BCUT2D eigenvalue weighted by Gasteiger charge is 2.14. The summed E-state index contributed by atoms with van der Waals surface area (Å²) in [4.78, 5) is 11.8. The predicted molar refractivity (Wildman–Crippen MR) is 85.5 cm³/mol. The van der Waals surface area contributed by atoms with E-state index in [0.29, 0.717) is 17.8 Å². The number of hydrogen-bond acceptors (Lipinski definition) is 2. The van der Waals surface area contributed by atoms with E-state index in [2.05, 4.69) is 6.07 Å². The van der Waals surface area contributed by atoms with Crippen LogP contribution in [0.2, 0.25) is 0 Å². The number of benzene rings is 2. The Morgan fingerprint density at radius 2 is 2.00 bits per heavy atom. The standard InChI is InChI=1S/C18H15N3O/c1-12-4-2-7-16-15(12)9-17(18(20)22)21(16)11-14-6-3-5-13(8-14)10-19/h2-9H,11H2,1H3,(H2,20,22). The van der Waals surface area contributed by atoms with Crippen LogP contribution in [0.25, 0.3) is 10.9 Å². The first kappa shape index (κ1) is 13.9. The molecule has 2 N–H and O–H groups in total. The Labute approximate surface area is 128 Å². The Morgan fingerprint density at radius 3 is 2.73 bits per heavy atom. The van der Waals surface area contributed by atoms with Crippen LogP contribution in [0.3, 0.4) is 0 Å². The van der Waals surface area contributed by atoms with Crippen LogP contribution in [0.15, 0.2) is 48.5 Å². The molecule has 0 atom stereocenters. The van der Waals surface area contributed by atoms with Crippen LogP contribution in [0.1, 0.15) is 27.2 Å². The minimum absolute atomic E-state index is 0.452. The van der Waals surface area contributed by atoms with Crippen LogP contribution in [-0.4, -0.2) is 10.5 Å². The zero-order valence-corrected chi connectivity index (χ0v) is 12.2. The molecule has 4 nitrogen and oxygen atoms in total. The van der Waals surface area contributed by atoms with Crippen LogP contribution in [0.4, 0.5) is 0 Å².